The molecule has 6 heteroatoms. The summed E-state index contributed by atoms with van der Waals surface area (Å²) >= 11 is 0. The van der Waals surface area contributed by atoms with Crippen LogP contribution in [0.15, 0.2) is 23.0 Å². The van der Waals surface area contributed by atoms with Gasteiger partial charge in [-0.3, -0.25) is 9.59 Å². The molecular weight excluding hydrogens is 274 g/mol. The first-order valence-corrected chi connectivity index (χ1v) is 6.51. The lowest BCUT2D eigenvalue weighted by Crippen LogP contribution is -2.18. The molecule has 6 nitrogen and oxygen atoms in total. The predicted octanol–water partition coefficient (Wildman–Crippen LogP) is 2.25. The van der Waals surface area contributed by atoms with E-state index in [0.717, 1.165) is 0 Å². The number of ether oxygens (including phenoxy) is 3. The van der Waals surface area contributed by atoms with E-state index in [0.29, 0.717) is 16.7 Å². The predicted molar refractivity (Wildman–Crippen MR) is 78.2 cm³/mol. The Morgan fingerprint density at radius 2 is 1.95 bits per heavy atom. The topological polar surface area (TPSA) is 77.6 Å². The summed E-state index contributed by atoms with van der Waals surface area (Å²) in [5.74, 6) is 0.145. The van der Waals surface area contributed by atoms with Crippen LogP contribution in [-0.2, 0) is 4.79 Å². The van der Waals surface area contributed by atoms with Gasteiger partial charge in [0, 0.05) is 18.4 Å². The zero-order valence-corrected chi connectivity index (χ0v) is 12.4. The molecule has 2 rings (SSSR count). The first-order chi connectivity index (χ1) is 9.92. The van der Waals surface area contributed by atoms with Crippen molar-refractivity contribution in [2.24, 2.45) is 0 Å². The van der Waals surface area contributed by atoms with Gasteiger partial charge in [-0.1, -0.05) is 0 Å². The van der Waals surface area contributed by atoms with Crippen LogP contribution in [0.1, 0.15) is 20.8 Å². The van der Waals surface area contributed by atoms with Crippen molar-refractivity contribution >= 4 is 16.9 Å². The summed E-state index contributed by atoms with van der Waals surface area (Å²) < 4.78 is 15.8. The summed E-state index contributed by atoms with van der Waals surface area (Å²) in [5.41, 5.74) is 0.0208. The Morgan fingerprint density at radius 3 is 2.52 bits per heavy atom. The normalized spacial score (nSPS) is 10.7. The van der Waals surface area contributed by atoms with Crippen LogP contribution in [0.25, 0.3) is 10.9 Å². The molecule has 1 aromatic carbocycles. The molecule has 0 radical (unpaired) electrons. The third-order valence-corrected chi connectivity index (χ3v) is 2.73. The maximum Gasteiger partial charge on any atom is 0.308 e. The number of methoxy groups -OCH3 is 1. The van der Waals surface area contributed by atoms with E-state index in [1.165, 1.54) is 14.0 Å². The van der Waals surface area contributed by atoms with Crippen molar-refractivity contribution in [1.29, 1.82) is 0 Å². The molecule has 0 saturated heterocycles. The SMILES string of the molecule is COc1ccc2c(OC(C)C)c(OC(C)=O)c(=O)[nH]c2c1. The number of hydrogen-bond donors (Lipinski definition) is 1. The molecule has 0 aliphatic heterocycles. The number of hydrogen-bond acceptors (Lipinski definition) is 5. The molecular formula is C15H17NO5. The van der Waals surface area contributed by atoms with E-state index in [2.05, 4.69) is 4.98 Å². The van der Waals surface area contributed by atoms with E-state index in [1.807, 2.05) is 13.8 Å². The van der Waals surface area contributed by atoms with Gasteiger partial charge in [0.1, 0.15) is 5.75 Å². The van der Waals surface area contributed by atoms with E-state index in [9.17, 15) is 9.59 Å². The number of carbonyl (C=O) groups excluding carboxylic acids is 1. The molecule has 0 spiro atoms. The van der Waals surface area contributed by atoms with Crippen molar-refractivity contribution in [3.8, 4) is 17.2 Å². The highest BCUT2D eigenvalue weighted by Gasteiger charge is 2.18. The average molecular weight is 291 g/mol. The molecule has 0 bridgehead atoms. The number of esters is 1. The Balaban J connectivity index is 2.74. The fourth-order valence-corrected chi connectivity index (χ4v) is 1.95. The fraction of sp³-hybridized carbons (Fsp3) is 0.333. The number of nitrogens with one attached hydrogen (secondary N) is 1. The van der Waals surface area contributed by atoms with Crippen LogP contribution >= 0.6 is 0 Å². The van der Waals surface area contributed by atoms with Crippen LogP contribution in [0.2, 0.25) is 0 Å². The molecule has 1 N–H and O–H groups in total. The van der Waals surface area contributed by atoms with Crippen LogP contribution in [0.4, 0.5) is 0 Å². The molecule has 21 heavy (non-hydrogen) atoms. The van der Waals surface area contributed by atoms with Crippen molar-refractivity contribution in [3.63, 3.8) is 0 Å². The number of carbonyl (C=O) groups is 1. The zero-order chi connectivity index (χ0) is 15.6. The molecule has 112 valence electrons. The second kappa shape index (κ2) is 5.87. The van der Waals surface area contributed by atoms with Gasteiger partial charge < -0.3 is 19.2 Å². The van der Waals surface area contributed by atoms with Crippen LogP contribution in [0.5, 0.6) is 17.2 Å². The third-order valence-electron chi connectivity index (χ3n) is 2.73. The Bertz CT molecular complexity index is 733. The lowest BCUT2D eigenvalue weighted by molar-refractivity contribution is -0.132. The Hall–Kier alpha value is -2.50. The van der Waals surface area contributed by atoms with Crippen molar-refractivity contribution in [1.82, 2.24) is 4.98 Å². The molecule has 2 aromatic rings. The molecule has 1 heterocycles. The minimum Gasteiger partial charge on any atom is -0.497 e. The lowest BCUT2D eigenvalue weighted by Gasteiger charge is -2.15. The van der Waals surface area contributed by atoms with Gasteiger partial charge in [-0.05, 0) is 26.0 Å². The Morgan fingerprint density at radius 1 is 1.24 bits per heavy atom. The quantitative estimate of drug-likeness (QED) is 0.874. The molecule has 0 saturated carbocycles. The smallest absolute Gasteiger partial charge is 0.308 e. The van der Waals surface area contributed by atoms with Crippen LogP contribution in [0, 0.1) is 0 Å². The van der Waals surface area contributed by atoms with Gasteiger partial charge in [0.15, 0.2) is 5.75 Å². The Kier molecular flexibility index (Phi) is 4.16. The monoisotopic (exact) mass is 291 g/mol. The maximum absolute atomic E-state index is 12.1. The first kappa shape index (κ1) is 14.9. The second-order valence-corrected chi connectivity index (χ2v) is 4.78. The van der Waals surface area contributed by atoms with E-state index >= 15 is 0 Å². The van der Waals surface area contributed by atoms with E-state index < -0.39 is 11.5 Å². The van der Waals surface area contributed by atoms with Gasteiger partial charge in [-0.25, -0.2) is 0 Å². The third kappa shape index (κ3) is 3.16. The minimum absolute atomic E-state index is 0.131. The number of pyridine rings is 1. The number of rotatable bonds is 4. The number of H-pyrrole nitrogens is 1. The standard InChI is InChI=1S/C15H17NO5/c1-8(2)20-13-11-6-5-10(19-4)7-12(11)16-15(18)14(13)21-9(3)17/h5-8H,1-4H3,(H,16,18). The highest BCUT2D eigenvalue weighted by atomic mass is 16.6. The summed E-state index contributed by atoms with van der Waals surface area (Å²) in [4.78, 5) is 26.0. The Labute approximate surface area is 121 Å². The van der Waals surface area contributed by atoms with Crippen molar-refractivity contribution in [2.45, 2.75) is 26.9 Å². The van der Waals surface area contributed by atoms with Gasteiger partial charge in [-0.2, -0.15) is 0 Å². The molecule has 0 unspecified atom stereocenters. The molecule has 0 aliphatic rings. The number of aromatic amines is 1. The van der Waals surface area contributed by atoms with Gasteiger partial charge in [0.2, 0.25) is 5.75 Å². The van der Waals surface area contributed by atoms with Gasteiger partial charge in [-0.15, -0.1) is 0 Å². The minimum atomic E-state index is -0.582. The van der Waals surface area contributed by atoms with Crippen LogP contribution in [0.3, 0.4) is 0 Å². The highest BCUT2D eigenvalue weighted by molar-refractivity contribution is 5.89. The van der Waals surface area contributed by atoms with Crippen LogP contribution in [-0.4, -0.2) is 24.2 Å². The fourth-order valence-electron chi connectivity index (χ4n) is 1.95. The van der Waals surface area contributed by atoms with Gasteiger partial charge >= 0.3 is 5.97 Å². The average Bonchev–Trinajstić information content (AvgIpc) is 2.41. The van der Waals surface area contributed by atoms with Gasteiger partial charge in [0.05, 0.1) is 18.7 Å². The molecule has 0 amide bonds. The zero-order valence-electron chi connectivity index (χ0n) is 12.4. The second-order valence-electron chi connectivity index (χ2n) is 4.78. The summed E-state index contributed by atoms with van der Waals surface area (Å²) in [6.45, 7) is 4.89. The van der Waals surface area contributed by atoms with Crippen molar-refractivity contribution in [2.75, 3.05) is 7.11 Å². The van der Waals surface area contributed by atoms with Gasteiger partial charge in [0.25, 0.3) is 5.56 Å². The number of benzene rings is 1. The largest absolute Gasteiger partial charge is 0.497 e. The van der Waals surface area contributed by atoms with Crippen molar-refractivity contribution in [3.05, 3.63) is 28.6 Å². The van der Waals surface area contributed by atoms with E-state index in [-0.39, 0.29) is 17.6 Å². The molecule has 1 aromatic heterocycles. The van der Waals surface area contributed by atoms with E-state index in [1.54, 1.807) is 18.2 Å². The molecule has 0 atom stereocenters. The van der Waals surface area contributed by atoms with Crippen molar-refractivity contribution < 1.29 is 19.0 Å². The van der Waals surface area contributed by atoms with Crippen LogP contribution < -0.4 is 19.8 Å². The molecule has 0 aliphatic carbocycles. The summed E-state index contributed by atoms with van der Waals surface area (Å²) in [6, 6.07) is 5.17. The molecule has 0 fully saturated rings. The summed E-state index contributed by atoms with van der Waals surface area (Å²) in [7, 11) is 1.54. The first-order valence-electron chi connectivity index (χ1n) is 6.51. The summed E-state index contributed by atoms with van der Waals surface area (Å²) in [5, 5.41) is 0.639. The number of fused-ring (bicyclic) bond motifs is 1. The van der Waals surface area contributed by atoms with E-state index in [4.69, 9.17) is 14.2 Å². The highest BCUT2D eigenvalue weighted by Crippen LogP contribution is 2.34. The number of aromatic nitrogens is 1. The summed E-state index contributed by atoms with van der Waals surface area (Å²) in [6.07, 6.45) is -0.175. The maximum atomic E-state index is 12.1. The lowest BCUT2D eigenvalue weighted by atomic mass is 10.2.